The first-order chi connectivity index (χ1) is 29.9. The molecule has 4 aromatic carbocycles. The molecular weight excluding hydrogens is 784 g/mol. The summed E-state index contributed by atoms with van der Waals surface area (Å²) in [5, 5.41) is 28.6. The number of methoxy groups -OCH3 is 1. The van der Waals surface area contributed by atoms with Crippen LogP contribution in [0.2, 0.25) is 0 Å². The van der Waals surface area contributed by atoms with Gasteiger partial charge in [0.25, 0.3) is 0 Å². The molecule has 0 atom stereocenters. The SMILES string of the molecule is COCCOc1cccc(-c2cncc(C#N)c2Nc2ccc3[nH]ccc3c2C)c1.Cc1c(Nc2c(C#N)cncc2-c2ccc(OCCCCCl)cc2)ccc2[nH]ccc12. The number of fused-ring (bicyclic) bond motifs is 2. The largest absolute Gasteiger partial charge is 0.494 e. The Morgan fingerprint density at radius 1 is 0.623 bits per heavy atom. The quantitative estimate of drug-likeness (QED) is 0.0583. The van der Waals surface area contributed by atoms with Gasteiger partial charge in [-0.3, -0.25) is 9.97 Å². The van der Waals surface area contributed by atoms with E-state index in [9.17, 15) is 10.5 Å². The predicted octanol–water partition coefficient (Wildman–Crippen LogP) is 11.7. The number of benzene rings is 4. The zero-order chi connectivity index (χ0) is 42.6. The highest BCUT2D eigenvalue weighted by Crippen LogP contribution is 2.37. The first-order valence-corrected chi connectivity index (χ1v) is 20.4. The molecule has 0 unspecified atom stereocenters. The maximum absolute atomic E-state index is 9.70. The molecule has 0 aliphatic heterocycles. The van der Waals surface area contributed by atoms with Crippen LogP contribution in [-0.4, -0.2) is 52.7 Å². The topological polar surface area (TPSA) is 157 Å². The molecular formula is C49H45ClN8O3. The van der Waals surface area contributed by atoms with E-state index in [1.54, 1.807) is 31.9 Å². The Balaban J connectivity index is 0.000000184. The van der Waals surface area contributed by atoms with E-state index in [4.69, 9.17) is 25.8 Å². The van der Waals surface area contributed by atoms with Crippen LogP contribution in [0.3, 0.4) is 0 Å². The molecule has 306 valence electrons. The normalized spacial score (nSPS) is 10.7. The van der Waals surface area contributed by atoms with Gasteiger partial charge >= 0.3 is 0 Å². The molecule has 0 saturated heterocycles. The van der Waals surface area contributed by atoms with E-state index in [0.29, 0.717) is 36.8 Å². The Bertz CT molecular complexity index is 2840. The van der Waals surface area contributed by atoms with Crippen molar-refractivity contribution < 1.29 is 14.2 Å². The minimum atomic E-state index is 0.470. The fraction of sp³-hybridized carbons (Fsp3) is 0.184. The van der Waals surface area contributed by atoms with Crippen molar-refractivity contribution in [2.75, 3.05) is 43.4 Å². The Morgan fingerprint density at radius 3 is 1.75 bits per heavy atom. The van der Waals surface area contributed by atoms with Crippen LogP contribution in [0, 0.1) is 36.5 Å². The summed E-state index contributed by atoms with van der Waals surface area (Å²) in [5.41, 5.74) is 12.3. The Labute approximate surface area is 359 Å². The van der Waals surface area contributed by atoms with E-state index >= 15 is 0 Å². The van der Waals surface area contributed by atoms with Gasteiger partial charge in [0.2, 0.25) is 0 Å². The number of nitriles is 2. The molecule has 0 amide bonds. The second-order valence-electron chi connectivity index (χ2n) is 14.2. The number of nitrogens with one attached hydrogen (secondary N) is 4. The second-order valence-corrected chi connectivity index (χ2v) is 14.6. The van der Waals surface area contributed by atoms with Crippen LogP contribution in [0.5, 0.6) is 11.5 Å². The van der Waals surface area contributed by atoms with Gasteiger partial charge in [-0.1, -0.05) is 24.3 Å². The van der Waals surface area contributed by atoms with Gasteiger partial charge in [0, 0.05) is 94.5 Å². The number of anilines is 4. The molecule has 0 spiro atoms. The molecule has 8 rings (SSSR count). The molecule has 8 aromatic rings. The third-order valence-electron chi connectivity index (χ3n) is 10.3. The van der Waals surface area contributed by atoms with Crippen molar-refractivity contribution in [1.82, 2.24) is 19.9 Å². The maximum atomic E-state index is 9.70. The number of ether oxygens (including phenoxy) is 3. The summed E-state index contributed by atoms with van der Waals surface area (Å²) in [5.74, 6) is 2.20. The van der Waals surface area contributed by atoms with Crippen molar-refractivity contribution >= 4 is 56.2 Å². The fourth-order valence-electron chi connectivity index (χ4n) is 7.02. The van der Waals surface area contributed by atoms with E-state index in [-0.39, 0.29) is 0 Å². The summed E-state index contributed by atoms with van der Waals surface area (Å²) in [6.45, 7) is 5.77. The number of halogens is 1. The summed E-state index contributed by atoms with van der Waals surface area (Å²) >= 11 is 5.71. The molecule has 4 aromatic heterocycles. The second kappa shape index (κ2) is 20.1. The molecule has 0 aliphatic carbocycles. The highest BCUT2D eigenvalue weighted by atomic mass is 35.5. The number of hydrogen-bond donors (Lipinski definition) is 4. The van der Waals surface area contributed by atoms with Crippen LogP contribution in [0.25, 0.3) is 44.1 Å². The van der Waals surface area contributed by atoms with Gasteiger partial charge in [-0.15, -0.1) is 11.6 Å². The molecule has 0 radical (unpaired) electrons. The van der Waals surface area contributed by atoms with Crippen LogP contribution in [0.15, 0.2) is 122 Å². The molecule has 0 bridgehead atoms. The molecule has 11 nitrogen and oxygen atoms in total. The Kier molecular flexibility index (Phi) is 13.8. The number of nitrogens with zero attached hydrogens (tertiary/aromatic N) is 4. The zero-order valence-corrected chi connectivity index (χ0v) is 34.9. The van der Waals surface area contributed by atoms with Gasteiger partial charge < -0.3 is 34.8 Å². The summed E-state index contributed by atoms with van der Waals surface area (Å²) in [6, 6.07) is 32.3. The Morgan fingerprint density at radius 2 is 1.20 bits per heavy atom. The number of H-pyrrole nitrogens is 2. The molecule has 0 saturated carbocycles. The van der Waals surface area contributed by atoms with Crippen LogP contribution in [0.4, 0.5) is 22.7 Å². The third-order valence-corrected chi connectivity index (χ3v) is 10.6. The third kappa shape index (κ3) is 9.77. The Hall–Kier alpha value is -7.31. The number of rotatable bonds is 15. The van der Waals surface area contributed by atoms with E-state index in [1.165, 1.54) is 0 Å². The van der Waals surface area contributed by atoms with Crippen LogP contribution in [-0.2, 0) is 4.74 Å². The first kappa shape index (κ1) is 41.8. The van der Waals surface area contributed by atoms with Crippen LogP contribution < -0.4 is 20.1 Å². The lowest BCUT2D eigenvalue weighted by atomic mass is 10.0. The number of hydrogen-bond acceptors (Lipinski definition) is 9. The highest BCUT2D eigenvalue weighted by molar-refractivity contribution is 6.17. The number of pyridine rings is 2. The van der Waals surface area contributed by atoms with Gasteiger partial charge in [-0.25, -0.2) is 0 Å². The molecule has 4 N–H and O–H groups in total. The van der Waals surface area contributed by atoms with E-state index in [2.05, 4.69) is 68.7 Å². The fourth-order valence-corrected chi connectivity index (χ4v) is 7.21. The van der Waals surface area contributed by atoms with Gasteiger partial charge in [-0.05, 0) is 110 Å². The number of aromatic amines is 2. The summed E-state index contributed by atoms with van der Waals surface area (Å²) < 4.78 is 16.6. The maximum Gasteiger partial charge on any atom is 0.120 e. The number of aromatic nitrogens is 4. The lowest BCUT2D eigenvalue weighted by Gasteiger charge is -2.16. The smallest absolute Gasteiger partial charge is 0.120 e. The molecule has 0 aliphatic rings. The van der Waals surface area contributed by atoms with Crippen molar-refractivity contribution in [3.63, 3.8) is 0 Å². The van der Waals surface area contributed by atoms with E-state index in [0.717, 1.165) is 102 Å². The molecule has 4 heterocycles. The van der Waals surface area contributed by atoms with Crippen molar-refractivity contribution in [2.45, 2.75) is 26.7 Å². The van der Waals surface area contributed by atoms with Crippen LogP contribution >= 0.6 is 11.6 Å². The monoisotopic (exact) mass is 828 g/mol. The molecule has 61 heavy (non-hydrogen) atoms. The average molecular weight is 829 g/mol. The zero-order valence-electron chi connectivity index (χ0n) is 34.2. The number of aryl methyl sites for hydroxylation is 2. The minimum Gasteiger partial charge on any atom is -0.494 e. The van der Waals surface area contributed by atoms with Gasteiger partial charge in [0.1, 0.15) is 30.2 Å². The van der Waals surface area contributed by atoms with Crippen molar-refractivity contribution in [2.24, 2.45) is 0 Å². The molecule has 12 heteroatoms. The highest BCUT2D eigenvalue weighted by Gasteiger charge is 2.16. The van der Waals surface area contributed by atoms with Gasteiger partial charge in [0.05, 0.1) is 35.7 Å². The summed E-state index contributed by atoms with van der Waals surface area (Å²) in [4.78, 5) is 15.0. The van der Waals surface area contributed by atoms with Crippen molar-refractivity contribution in [1.29, 1.82) is 10.5 Å². The van der Waals surface area contributed by atoms with E-state index in [1.807, 2.05) is 85.2 Å². The lowest BCUT2D eigenvalue weighted by Crippen LogP contribution is -2.04. The molecule has 0 fully saturated rings. The lowest BCUT2D eigenvalue weighted by molar-refractivity contribution is 0.146. The predicted molar refractivity (Wildman–Crippen MR) is 244 cm³/mol. The first-order valence-electron chi connectivity index (χ1n) is 19.9. The van der Waals surface area contributed by atoms with Crippen LogP contribution in [0.1, 0.15) is 35.1 Å². The number of alkyl halides is 1. The van der Waals surface area contributed by atoms with Gasteiger partial charge in [-0.2, -0.15) is 10.5 Å². The number of unbranched alkanes of at least 4 members (excludes halogenated alkanes) is 1. The standard InChI is InChI=1S/C25H23ClN4O.C24H22N4O2/c1-17-21-10-12-29-24(21)9-8-23(17)30-25-19(14-27)15-28-16-22(25)18-4-6-20(7-5-18)31-13-3-2-11-26;1-16-20-8-9-27-23(20)7-6-22(16)28-24-18(13-25)14-26-15-21(24)17-4-3-5-19(12-17)30-11-10-29-2/h4-10,12,15-16,29H,2-3,11,13H2,1H3,(H,28,30);3-9,12,14-15,27H,10-11H2,1-2H3,(H,26,28). The minimum absolute atomic E-state index is 0.470. The average Bonchev–Trinajstić information content (AvgIpc) is 3.99. The van der Waals surface area contributed by atoms with Crippen molar-refractivity contribution in [3.8, 4) is 45.9 Å². The van der Waals surface area contributed by atoms with E-state index < -0.39 is 0 Å². The summed E-state index contributed by atoms with van der Waals surface area (Å²) in [7, 11) is 1.64. The van der Waals surface area contributed by atoms with Crippen molar-refractivity contribution in [3.05, 3.63) is 144 Å². The van der Waals surface area contributed by atoms with Gasteiger partial charge in [0.15, 0.2) is 0 Å². The summed E-state index contributed by atoms with van der Waals surface area (Å²) in [6.07, 6.45) is 12.4.